The molecule has 20 heavy (non-hydrogen) atoms. The molecule has 2 aromatic heterocycles. The number of fused-ring (bicyclic) bond motifs is 1. The molecule has 2 heterocycles. The van der Waals surface area contributed by atoms with Gasteiger partial charge >= 0.3 is 0 Å². The van der Waals surface area contributed by atoms with E-state index in [1.165, 1.54) is 11.3 Å². The molecule has 2 aromatic rings. The molecule has 1 unspecified atom stereocenters. The minimum atomic E-state index is -0.152. The normalized spacial score (nSPS) is 12.5. The van der Waals surface area contributed by atoms with E-state index in [-0.39, 0.29) is 11.9 Å². The molecule has 0 saturated heterocycles. The number of aromatic nitrogens is 1. The molecule has 0 aliphatic carbocycles. The zero-order valence-electron chi connectivity index (χ0n) is 11.7. The first-order valence-electron chi connectivity index (χ1n) is 6.60. The van der Waals surface area contributed by atoms with Gasteiger partial charge in [-0.15, -0.1) is 11.3 Å². The zero-order valence-corrected chi connectivity index (χ0v) is 12.5. The van der Waals surface area contributed by atoms with Gasteiger partial charge in [0.25, 0.3) is 5.91 Å². The van der Waals surface area contributed by atoms with E-state index in [0.29, 0.717) is 22.7 Å². The highest BCUT2D eigenvalue weighted by Crippen LogP contribution is 2.31. The summed E-state index contributed by atoms with van der Waals surface area (Å²) in [7, 11) is 1.63. The number of methoxy groups -OCH3 is 1. The second kappa shape index (κ2) is 6.67. The number of nitrogen functional groups attached to an aromatic ring is 1. The lowest BCUT2D eigenvalue weighted by atomic mass is 10.2. The van der Waals surface area contributed by atoms with Crippen molar-refractivity contribution in [3.05, 3.63) is 23.2 Å². The maximum absolute atomic E-state index is 12.3. The Morgan fingerprint density at radius 2 is 2.40 bits per heavy atom. The smallest absolute Gasteiger partial charge is 0.263 e. The van der Waals surface area contributed by atoms with E-state index in [1.807, 2.05) is 12.1 Å². The van der Waals surface area contributed by atoms with Crippen LogP contribution in [0, 0.1) is 0 Å². The number of nitrogens with zero attached hydrogens (tertiary/aromatic N) is 1. The Hall–Kier alpha value is -1.66. The standard InChI is InChI=1S/C14H19N3O2S/c1-3-5-9(8-19-2)17-14(18)13-11(15)12-10(20-13)6-4-7-16-12/h4,6-7,9H,3,5,8,15H2,1-2H3,(H,17,18). The van der Waals surface area contributed by atoms with Crippen molar-refractivity contribution in [2.45, 2.75) is 25.8 Å². The van der Waals surface area contributed by atoms with Crippen molar-refractivity contribution in [1.29, 1.82) is 0 Å². The highest BCUT2D eigenvalue weighted by Gasteiger charge is 2.19. The van der Waals surface area contributed by atoms with Gasteiger partial charge in [-0.1, -0.05) is 13.3 Å². The summed E-state index contributed by atoms with van der Waals surface area (Å²) in [5.74, 6) is -0.152. The largest absolute Gasteiger partial charge is 0.396 e. The predicted molar refractivity (Wildman–Crippen MR) is 82.1 cm³/mol. The van der Waals surface area contributed by atoms with Gasteiger partial charge in [0, 0.05) is 13.3 Å². The van der Waals surface area contributed by atoms with E-state index in [4.69, 9.17) is 10.5 Å². The third kappa shape index (κ3) is 3.08. The van der Waals surface area contributed by atoms with Gasteiger partial charge in [-0.25, -0.2) is 0 Å². The number of pyridine rings is 1. The molecule has 0 bridgehead atoms. The van der Waals surface area contributed by atoms with Crippen molar-refractivity contribution < 1.29 is 9.53 Å². The Morgan fingerprint density at radius 3 is 3.05 bits per heavy atom. The highest BCUT2D eigenvalue weighted by molar-refractivity contribution is 7.21. The Bertz CT molecular complexity index is 591. The fourth-order valence-corrected chi connectivity index (χ4v) is 3.10. The van der Waals surface area contributed by atoms with Gasteiger partial charge in [0.1, 0.15) is 10.4 Å². The fourth-order valence-electron chi connectivity index (χ4n) is 2.11. The molecule has 1 atom stereocenters. The third-order valence-corrected chi connectivity index (χ3v) is 4.19. The zero-order chi connectivity index (χ0) is 14.5. The second-order valence-corrected chi connectivity index (χ2v) is 5.66. The quantitative estimate of drug-likeness (QED) is 0.857. The first kappa shape index (κ1) is 14.7. The van der Waals surface area contributed by atoms with Crippen LogP contribution in [-0.2, 0) is 4.74 Å². The molecule has 0 aromatic carbocycles. The van der Waals surface area contributed by atoms with Gasteiger partial charge in [-0.2, -0.15) is 0 Å². The van der Waals surface area contributed by atoms with Crippen molar-refractivity contribution in [1.82, 2.24) is 10.3 Å². The van der Waals surface area contributed by atoms with Gasteiger partial charge in [0.05, 0.1) is 23.0 Å². The number of hydrogen-bond acceptors (Lipinski definition) is 5. The first-order chi connectivity index (χ1) is 9.67. The van der Waals surface area contributed by atoms with Crippen LogP contribution in [0.4, 0.5) is 5.69 Å². The van der Waals surface area contributed by atoms with Crippen molar-refractivity contribution in [2.24, 2.45) is 0 Å². The van der Waals surface area contributed by atoms with E-state index >= 15 is 0 Å². The lowest BCUT2D eigenvalue weighted by Crippen LogP contribution is -2.37. The predicted octanol–water partition coefficient (Wildman–Crippen LogP) is 2.42. The molecule has 0 spiro atoms. The lowest BCUT2D eigenvalue weighted by Gasteiger charge is -2.16. The summed E-state index contributed by atoms with van der Waals surface area (Å²) in [6.07, 6.45) is 3.54. The average Bonchev–Trinajstić information content (AvgIpc) is 2.77. The lowest BCUT2D eigenvalue weighted by molar-refractivity contribution is 0.0896. The Morgan fingerprint density at radius 1 is 1.60 bits per heavy atom. The minimum absolute atomic E-state index is 0.00933. The number of amides is 1. The molecule has 1 amide bonds. The van der Waals surface area contributed by atoms with Crippen molar-refractivity contribution in [3.8, 4) is 0 Å². The first-order valence-corrected chi connectivity index (χ1v) is 7.41. The summed E-state index contributed by atoms with van der Waals surface area (Å²) in [6.45, 7) is 2.58. The summed E-state index contributed by atoms with van der Waals surface area (Å²) in [5, 5.41) is 2.98. The van der Waals surface area contributed by atoms with Gasteiger partial charge in [0.2, 0.25) is 0 Å². The van der Waals surface area contributed by atoms with Crippen molar-refractivity contribution in [2.75, 3.05) is 19.5 Å². The van der Waals surface area contributed by atoms with Crippen molar-refractivity contribution in [3.63, 3.8) is 0 Å². The van der Waals surface area contributed by atoms with Crippen LogP contribution in [0.2, 0.25) is 0 Å². The Labute approximate surface area is 122 Å². The number of nitrogens with two attached hydrogens (primary N) is 1. The Kier molecular flexibility index (Phi) is 4.92. The summed E-state index contributed by atoms with van der Waals surface area (Å²) in [4.78, 5) is 17.1. The number of hydrogen-bond donors (Lipinski definition) is 2. The van der Waals surface area contributed by atoms with E-state index in [9.17, 15) is 4.79 Å². The number of carbonyl (C=O) groups excluding carboxylic acids is 1. The SMILES string of the molecule is CCCC(COC)NC(=O)c1sc2cccnc2c1N. The maximum atomic E-state index is 12.3. The van der Waals surface area contributed by atoms with Crippen LogP contribution in [0.25, 0.3) is 10.2 Å². The van der Waals surface area contributed by atoms with E-state index in [2.05, 4.69) is 17.2 Å². The molecular weight excluding hydrogens is 274 g/mol. The molecule has 2 rings (SSSR count). The monoisotopic (exact) mass is 293 g/mol. The maximum Gasteiger partial charge on any atom is 0.263 e. The topological polar surface area (TPSA) is 77.2 Å². The number of carbonyl (C=O) groups is 1. The minimum Gasteiger partial charge on any atom is -0.396 e. The molecule has 0 aliphatic heterocycles. The molecule has 0 saturated carbocycles. The van der Waals surface area contributed by atoms with Crippen LogP contribution in [0.1, 0.15) is 29.4 Å². The van der Waals surface area contributed by atoms with Crippen LogP contribution in [0.15, 0.2) is 18.3 Å². The van der Waals surface area contributed by atoms with Crippen molar-refractivity contribution >= 4 is 33.1 Å². The second-order valence-electron chi connectivity index (χ2n) is 4.61. The highest BCUT2D eigenvalue weighted by atomic mass is 32.1. The van der Waals surface area contributed by atoms with Crippen LogP contribution in [0.5, 0.6) is 0 Å². The number of rotatable bonds is 6. The summed E-state index contributed by atoms with van der Waals surface area (Å²) < 4.78 is 6.05. The molecule has 3 N–H and O–H groups in total. The number of nitrogens with one attached hydrogen (secondary N) is 1. The molecule has 0 aliphatic rings. The van der Waals surface area contributed by atoms with Crippen LogP contribution in [-0.4, -0.2) is 30.6 Å². The Balaban J connectivity index is 2.20. The van der Waals surface area contributed by atoms with Gasteiger partial charge in [-0.05, 0) is 18.6 Å². The number of ether oxygens (including phenoxy) is 1. The van der Waals surface area contributed by atoms with Gasteiger partial charge < -0.3 is 15.8 Å². The van der Waals surface area contributed by atoms with E-state index in [1.54, 1.807) is 13.3 Å². The molecule has 0 fully saturated rings. The molecule has 6 heteroatoms. The summed E-state index contributed by atoms with van der Waals surface area (Å²) in [5.41, 5.74) is 7.17. The molecule has 0 radical (unpaired) electrons. The third-order valence-electron chi connectivity index (χ3n) is 3.03. The van der Waals surface area contributed by atoms with Gasteiger partial charge in [0.15, 0.2) is 0 Å². The molecular formula is C14H19N3O2S. The number of anilines is 1. The van der Waals surface area contributed by atoms with Crippen LogP contribution in [0.3, 0.4) is 0 Å². The van der Waals surface area contributed by atoms with Gasteiger partial charge in [-0.3, -0.25) is 9.78 Å². The summed E-state index contributed by atoms with van der Waals surface area (Å²) in [6, 6.07) is 3.76. The van der Waals surface area contributed by atoms with E-state index in [0.717, 1.165) is 17.5 Å². The van der Waals surface area contributed by atoms with Crippen LogP contribution >= 0.6 is 11.3 Å². The fraction of sp³-hybridized carbons (Fsp3) is 0.429. The van der Waals surface area contributed by atoms with E-state index < -0.39 is 0 Å². The number of thiophene rings is 1. The summed E-state index contributed by atoms with van der Waals surface area (Å²) >= 11 is 1.37. The molecule has 108 valence electrons. The van der Waals surface area contributed by atoms with Crippen LogP contribution < -0.4 is 11.1 Å². The average molecular weight is 293 g/mol. The molecule has 5 nitrogen and oxygen atoms in total.